The Hall–Kier alpha value is -1.84. The van der Waals surface area contributed by atoms with E-state index in [1.165, 1.54) is 31.2 Å². The van der Waals surface area contributed by atoms with Crippen LogP contribution in [0.3, 0.4) is 0 Å². The Morgan fingerprint density at radius 1 is 1.23 bits per heavy atom. The number of para-hydroxylation sites is 2. The van der Waals surface area contributed by atoms with Crippen LogP contribution in [0, 0.1) is 0 Å². The number of rotatable bonds is 3. The zero-order chi connectivity index (χ0) is 15.1. The Labute approximate surface area is 131 Å². The Bertz CT molecular complexity index is 699. The van der Waals surface area contributed by atoms with Gasteiger partial charge in [-0.2, -0.15) is 0 Å². The summed E-state index contributed by atoms with van der Waals surface area (Å²) in [4.78, 5) is 19.4. The quantitative estimate of drug-likeness (QED) is 0.871. The normalized spacial score (nSPS) is 23.0. The molecule has 4 rings (SSSR count). The molecule has 116 valence electrons. The van der Waals surface area contributed by atoms with Crippen LogP contribution in [0.2, 0.25) is 0 Å². The summed E-state index contributed by atoms with van der Waals surface area (Å²) in [6.07, 6.45) is 5.53. The number of carbonyl (C=O) groups excluding carboxylic acids is 1. The van der Waals surface area contributed by atoms with Gasteiger partial charge in [-0.25, -0.2) is 4.98 Å². The molecule has 1 saturated carbocycles. The largest absolute Gasteiger partial charge is 0.339 e. The van der Waals surface area contributed by atoms with E-state index in [1.54, 1.807) is 0 Å². The van der Waals surface area contributed by atoms with Crippen molar-refractivity contribution in [1.82, 2.24) is 14.5 Å². The van der Waals surface area contributed by atoms with Gasteiger partial charge >= 0.3 is 0 Å². The van der Waals surface area contributed by atoms with Crippen LogP contribution in [0.1, 0.15) is 50.8 Å². The minimum atomic E-state index is 0.250. The van der Waals surface area contributed by atoms with Gasteiger partial charge in [-0.3, -0.25) is 4.79 Å². The molecule has 1 aromatic heterocycles. The van der Waals surface area contributed by atoms with E-state index in [0.29, 0.717) is 18.4 Å². The molecule has 2 aliphatic rings. The van der Waals surface area contributed by atoms with Crippen molar-refractivity contribution in [2.45, 2.75) is 57.5 Å². The number of amides is 1. The van der Waals surface area contributed by atoms with E-state index in [2.05, 4.69) is 34.6 Å². The zero-order valence-electron chi connectivity index (χ0n) is 13.2. The molecule has 0 spiro atoms. The first-order valence-corrected chi connectivity index (χ1v) is 8.52. The number of hydrogen-bond donors (Lipinski definition) is 0. The Balaban J connectivity index is 1.66. The minimum Gasteiger partial charge on any atom is -0.339 e. The van der Waals surface area contributed by atoms with Crippen LogP contribution < -0.4 is 0 Å². The highest BCUT2D eigenvalue weighted by atomic mass is 16.2. The van der Waals surface area contributed by atoms with Gasteiger partial charge in [-0.1, -0.05) is 25.0 Å². The minimum absolute atomic E-state index is 0.250. The lowest BCUT2D eigenvalue weighted by Gasteiger charge is -2.24. The predicted molar refractivity (Wildman–Crippen MR) is 86.7 cm³/mol. The molecule has 1 amide bonds. The molecule has 4 nitrogen and oxygen atoms in total. The molecule has 1 saturated heterocycles. The summed E-state index contributed by atoms with van der Waals surface area (Å²) in [6.45, 7) is 3.92. The molecule has 0 bridgehead atoms. The number of carbonyl (C=O) groups is 1. The van der Waals surface area contributed by atoms with Crippen molar-refractivity contribution in [1.29, 1.82) is 0 Å². The molecule has 0 radical (unpaired) electrons. The predicted octanol–water partition coefficient (Wildman–Crippen LogP) is 3.31. The first kappa shape index (κ1) is 13.8. The molecular weight excluding hydrogens is 274 g/mol. The summed E-state index contributed by atoms with van der Waals surface area (Å²) in [6, 6.07) is 8.77. The molecule has 0 N–H and O–H groups in total. The number of likely N-dealkylation sites (tertiary alicyclic amines) is 1. The van der Waals surface area contributed by atoms with Crippen LogP contribution in [0.5, 0.6) is 0 Å². The van der Waals surface area contributed by atoms with Gasteiger partial charge in [-0.05, 0) is 31.9 Å². The topological polar surface area (TPSA) is 38.1 Å². The molecule has 2 heterocycles. The molecule has 1 aliphatic heterocycles. The van der Waals surface area contributed by atoms with E-state index >= 15 is 0 Å². The van der Waals surface area contributed by atoms with Crippen molar-refractivity contribution in [3.8, 4) is 0 Å². The highest BCUT2D eigenvalue weighted by molar-refractivity contribution is 5.81. The Morgan fingerprint density at radius 2 is 2.00 bits per heavy atom. The van der Waals surface area contributed by atoms with Crippen molar-refractivity contribution in [3.05, 3.63) is 30.1 Å². The van der Waals surface area contributed by atoms with Gasteiger partial charge in [-0.15, -0.1) is 0 Å². The Kier molecular flexibility index (Phi) is 3.40. The van der Waals surface area contributed by atoms with Gasteiger partial charge in [0.25, 0.3) is 0 Å². The van der Waals surface area contributed by atoms with E-state index < -0.39 is 0 Å². The van der Waals surface area contributed by atoms with Crippen LogP contribution in [-0.2, 0) is 11.3 Å². The third kappa shape index (κ3) is 2.13. The van der Waals surface area contributed by atoms with Crippen molar-refractivity contribution >= 4 is 16.9 Å². The lowest BCUT2D eigenvalue weighted by atomic mass is 10.1. The lowest BCUT2D eigenvalue weighted by molar-refractivity contribution is -0.129. The highest BCUT2D eigenvalue weighted by Crippen LogP contribution is 2.34. The Morgan fingerprint density at radius 3 is 2.77 bits per heavy atom. The number of aromatic nitrogens is 2. The lowest BCUT2D eigenvalue weighted by Crippen LogP contribution is -2.34. The smallest absolute Gasteiger partial charge is 0.223 e. The van der Waals surface area contributed by atoms with Gasteiger partial charge in [0.15, 0.2) is 0 Å². The van der Waals surface area contributed by atoms with Crippen molar-refractivity contribution < 1.29 is 4.79 Å². The number of fused-ring (bicyclic) bond motifs is 1. The molecule has 1 unspecified atom stereocenters. The molecule has 1 atom stereocenters. The molecule has 4 heteroatoms. The molecule has 2 fully saturated rings. The second-order valence-corrected chi connectivity index (χ2v) is 6.59. The van der Waals surface area contributed by atoms with E-state index in [4.69, 9.17) is 4.98 Å². The third-order valence-electron chi connectivity index (χ3n) is 5.29. The second-order valence-electron chi connectivity index (χ2n) is 6.59. The second kappa shape index (κ2) is 5.41. The summed E-state index contributed by atoms with van der Waals surface area (Å²) < 4.78 is 2.28. The maximum atomic E-state index is 12.4. The van der Waals surface area contributed by atoms with Crippen LogP contribution in [0.4, 0.5) is 0 Å². The van der Waals surface area contributed by atoms with E-state index in [1.807, 2.05) is 6.07 Å². The van der Waals surface area contributed by atoms with Crippen molar-refractivity contribution in [2.75, 3.05) is 6.54 Å². The van der Waals surface area contributed by atoms with Gasteiger partial charge in [0.1, 0.15) is 5.82 Å². The zero-order valence-corrected chi connectivity index (χ0v) is 13.2. The third-order valence-corrected chi connectivity index (χ3v) is 5.29. The molecule has 2 aromatic rings. The van der Waals surface area contributed by atoms with E-state index in [0.717, 1.165) is 24.4 Å². The maximum Gasteiger partial charge on any atom is 0.223 e. The summed E-state index contributed by atoms with van der Waals surface area (Å²) in [5.41, 5.74) is 2.23. The van der Waals surface area contributed by atoms with Crippen LogP contribution >= 0.6 is 0 Å². The van der Waals surface area contributed by atoms with Crippen LogP contribution in [0.25, 0.3) is 11.0 Å². The number of imidazole rings is 1. The standard InChI is InChI=1S/C18H23N3O/c1-2-20-16-10-6-5-9-15(16)19-18(20)13-11-17(22)21(12-13)14-7-3-4-8-14/h5-6,9-10,13-14H,2-4,7-8,11-12H2,1H3. The van der Waals surface area contributed by atoms with Crippen molar-refractivity contribution in [3.63, 3.8) is 0 Å². The average molecular weight is 297 g/mol. The average Bonchev–Trinajstić information content (AvgIpc) is 3.24. The van der Waals surface area contributed by atoms with Gasteiger partial charge in [0, 0.05) is 31.5 Å². The molecule has 1 aromatic carbocycles. The van der Waals surface area contributed by atoms with Crippen molar-refractivity contribution in [2.24, 2.45) is 0 Å². The molecular formula is C18H23N3O. The summed E-state index contributed by atoms with van der Waals surface area (Å²) in [5, 5.41) is 0. The van der Waals surface area contributed by atoms with Crippen LogP contribution in [0.15, 0.2) is 24.3 Å². The first-order valence-electron chi connectivity index (χ1n) is 8.52. The fraction of sp³-hybridized carbons (Fsp3) is 0.556. The number of aryl methyl sites for hydroxylation is 1. The SMILES string of the molecule is CCn1c(C2CC(=O)N(C3CCCC3)C2)nc2ccccc21. The van der Waals surface area contributed by atoms with E-state index in [9.17, 15) is 4.79 Å². The van der Waals surface area contributed by atoms with E-state index in [-0.39, 0.29) is 5.92 Å². The maximum absolute atomic E-state index is 12.4. The monoisotopic (exact) mass is 297 g/mol. The van der Waals surface area contributed by atoms with Gasteiger partial charge < -0.3 is 9.47 Å². The summed E-state index contributed by atoms with van der Waals surface area (Å²) in [7, 11) is 0. The molecule has 1 aliphatic carbocycles. The molecule has 22 heavy (non-hydrogen) atoms. The summed E-state index contributed by atoms with van der Waals surface area (Å²) in [5.74, 6) is 1.67. The number of nitrogens with zero attached hydrogens (tertiary/aromatic N) is 3. The fourth-order valence-corrected chi connectivity index (χ4v) is 4.21. The number of hydrogen-bond acceptors (Lipinski definition) is 2. The van der Waals surface area contributed by atoms with Gasteiger partial charge in [0.2, 0.25) is 5.91 Å². The van der Waals surface area contributed by atoms with Gasteiger partial charge in [0.05, 0.1) is 11.0 Å². The first-order chi connectivity index (χ1) is 10.8. The summed E-state index contributed by atoms with van der Waals surface area (Å²) >= 11 is 0. The van der Waals surface area contributed by atoms with Crippen LogP contribution in [-0.4, -0.2) is 32.9 Å². The fourth-order valence-electron chi connectivity index (χ4n) is 4.21. The highest BCUT2D eigenvalue weighted by Gasteiger charge is 2.38. The number of benzene rings is 1.